The molecule has 0 spiro atoms. The summed E-state index contributed by atoms with van der Waals surface area (Å²) in [5, 5.41) is 3.29. The number of anilines is 1. The Morgan fingerprint density at radius 1 is 0.897 bits per heavy atom. The van der Waals surface area contributed by atoms with Crippen molar-refractivity contribution in [2.45, 2.75) is 44.0 Å². The van der Waals surface area contributed by atoms with Gasteiger partial charge in [-0.3, -0.25) is 13.9 Å². The Kier molecular flexibility index (Phi) is 11.2. The monoisotopic (exact) mass is 589 g/mol. The zero-order valence-electron chi connectivity index (χ0n) is 22.0. The van der Waals surface area contributed by atoms with E-state index in [-0.39, 0.29) is 33.1 Å². The molecule has 0 radical (unpaired) electrons. The number of nitrogens with zero attached hydrogens (tertiary/aromatic N) is 2. The van der Waals surface area contributed by atoms with E-state index in [0.717, 1.165) is 16.3 Å². The van der Waals surface area contributed by atoms with Crippen molar-refractivity contribution in [3.8, 4) is 0 Å². The standard InChI is InChI=1S/C29H33Cl2N3O4S/c1-3-18-32-29(36)27(4-2)33(19-17-22-11-7-5-8-12-22)28(35)21-34(23-15-16-25(30)26(31)20-23)39(37,38)24-13-9-6-10-14-24/h5-16,20,27H,3-4,17-19,21H2,1-2H3,(H,32,36). The van der Waals surface area contributed by atoms with E-state index < -0.39 is 28.5 Å². The lowest BCUT2D eigenvalue weighted by atomic mass is 10.1. The minimum Gasteiger partial charge on any atom is -0.354 e. The van der Waals surface area contributed by atoms with Crippen molar-refractivity contribution in [2.75, 3.05) is 23.9 Å². The normalized spacial score (nSPS) is 12.0. The van der Waals surface area contributed by atoms with Crippen LogP contribution in [0.5, 0.6) is 0 Å². The Morgan fingerprint density at radius 2 is 1.54 bits per heavy atom. The van der Waals surface area contributed by atoms with Gasteiger partial charge in [0.2, 0.25) is 11.8 Å². The number of benzene rings is 3. The van der Waals surface area contributed by atoms with Gasteiger partial charge in [-0.2, -0.15) is 0 Å². The van der Waals surface area contributed by atoms with Crippen LogP contribution >= 0.6 is 23.2 Å². The molecule has 1 N–H and O–H groups in total. The molecule has 0 aliphatic heterocycles. The summed E-state index contributed by atoms with van der Waals surface area (Å²) in [6.07, 6.45) is 1.62. The molecule has 3 aromatic carbocycles. The molecular formula is C29H33Cl2N3O4S. The smallest absolute Gasteiger partial charge is 0.264 e. The third kappa shape index (κ3) is 7.97. The number of sulfonamides is 1. The summed E-state index contributed by atoms with van der Waals surface area (Å²) in [5.41, 5.74) is 1.19. The van der Waals surface area contributed by atoms with Crippen LogP contribution in [-0.2, 0) is 26.0 Å². The van der Waals surface area contributed by atoms with E-state index in [1.165, 1.54) is 35.2 Å². The fourth-order valence-corrected chi connectivity index (χ4v) is 5.87. The molecule has 0 saturated heterocycles. The number of amides is 2. The number of hydrogen-bond acceptors (Lipinski definition) is 4. The molecule has 1 unspecified atom stereocenters. The van der Waals surface area contributed by atoms with Crippen molar-refractivity contribution < 1.29 is 18.0 Å². The molecular weight excluding hydrogens is 557 g/mol. The summed E-state index contributed by atoms with van der Waals surface area (Å²) in [7, 11) is -4.16. The number of carbonyl (C=O) groups excluding carboxylic acids is 2. The first-order valence-electron chi connectivity index (χ1n) is 12.8. The molecule has 10 heteroatoms. The fourth-order valence-electron chi connectivity index (χ4n) is 4.15. The van der Waals surface area contributed by atoms with Crippen LogP contribution in [0.15, 0.2) is 83.8 Å². The lowest BCUT2D eigenvalue weighted by Crippen LogP contribution is -2.53. The van der Waals surface area contributed by atoms with Crippen molar-refractivity contribution in [3.05, 3.63) is 94.5 Å². The summed E-state index contributed by atoms with van der Waals surface area (Å²) in [6, 6.07) is 21.1. The number of carbonyl (C=O) groups is 2. The molecule has 0 aromatic heterocycles. The van der Waals surface area contributed by atoms with E-state index >= 15 is 0 Å². The molecule has 0 saturated carbocycles. The van der Waals surface area contributed by atoms with Crippen LogP contribution in [0.4, 0.5) is 5.69 Å². The van der Waals surface area contributed by atoms with Crippen LogP contribution in [0.1, 0.15) is 32.3 Å². The van der Waals surface area contributed by atoms with Gasteiger partial charge in [-0.1, -0.05) is 85.6 Å². The molecule has 0 heterocycles. The summed E-state index contributed by atoms with van der Waals surface area (Å²) >= 11 is 12.3. The molecule has 3 aromatic rings. The average molecular weight is 591 g/mol. The third-order valence-electron chi connectivity index (χ3n) is 6.22. The largest absolute Gasteiger partial charge is 0.354 e. The zero-order valence-corrected chi connectivity index (χ0v) is 24.3. The SMILES string of the molecule is CCCNC(=O)C(CC)N(CCc1ccccc1)C(=O)CN(c1ccc(Cl)c(Cl)c1)S(=O)(=O)c1ccccc1. The molecule has 0 aliphatic carbocycles. The second kappa shape index (κ2) is 14.4. The highest BCUT2D eigenvalue weighted by Gasteiger charge is 2.33. The first-order chi connectivity index (χ1) is 18.7. The minimum atomic E-state index is -4.16. The summed E-state index contributed by atoms with van der Waals surface area (Å²) < 4.78 is 28.6. The number of halogens is 2. The van der Waals surface area contributed by atoms with Gasteiger partial charge in [0.1, 0.15) is 12.6 Å². The van der Waals surface area contributed by atoms with E-state index in [2.05, 4.69) is 5.32 Å². The van der Waals surface area contributed by atoms with E-state index in [1.54, 1.807) is 18.2 Å². The van der Waals surface area contributed by atoms with Gasteiger partial charge < -0.3 is 10.2 Å². The van der Waals surface area contributed by atoms with E-state index in [0.29, 0.717) is 19.4 Å². The van der Waals surface area contributed by atoms with E-state index in [9.17, 15) is 18.0 Å². The third-order valence-corrected chi connectivity index (χ3v) is 8.75. The van der Waals surface area contributed by atoms with Gasteiger partial charge in [0.15, 0.2) is 0 Å². The summed E-state index contributed by atoms with van der Waals surface area (Å²) in [4.78, 5) is 28.5. The first kappa shape index (κ1) is 30.5. The van der Waals surface area contributed by atoms with Gasteiger partial charge in [0, 0.05) is 13.1 Å². The van der Waals surface area contributed by atoms with Gasteiger partial charge in [0.05, 0.1) is 20.6 Å². The Balaban J connectivity index is 2.01. The van der Waals surface area contributed by atoms with Crippen LogP contribution in [0, 0.1) is 0 Å². The van der Waals surface area contributed by atoms with Crippen LogP contribution < -0.4 is 9.62 Å². The van der Waals surface area contributed by atoms with Crippen LogP contribution in [0.25, 0.3) is 0 Å². The van der Waals surface area contributed by atoms with E-state index in [1.807, 2.05) is 44.2 Å². The van der Waals surface area contributed by atoms with Crippen molar-refractivity contribution in [3.63, 3.8) is 0 Å². The van der Waals surface area contributed by atoms with Gasteiger partial charge >= 0.3 is 0 Å². The Bertz CT molecular complexity index is 1360. The van der Waals surface area contributed by atoms with Crippen molar-refractivity contribution in [1.29, 1.82) is 0 Å². The topological polar surface area (TPSA) is 86.8 Å². The summed E-state index contributed by atoms with van der Waals surface area (Å²) in [5.74, 6) is -0.775. The van der Waals surface area contributed by atoms with Crippen molar-refractivity contribution in [1.82, 2.24) is 10.2 Å². The van der Waals surface area contributed by atoms with Gasteiger partial charge in [-0.15, -0.1) is 0 Å². The molecule has 39 heavy (non-hydrogen) atoms. The minimum absolute atomic E-state index is 0.0208. The van der Waals surface area contributed by atoms with Crippen molar-refractivity contribution >= 4 is 50.7 Å². The lowest BCUT2D eigenvalue weighted by Gasteiger charge is -2.33. The van der Waals surface area contributed by atoms with Gasteiger partial charge in [-0.25, -0.2) is 8.42 Å². The van der Waals surface area contributed by atoms with E-state index in [4.69, 9.17) is 23.2 Å². The molecule has 1 atom stereocenters. The Morgan fingerprint density at radius 3 is 2.13 bits per heavy atom. The van der Waals surface area contributed by atoms with Gasteiger partial charge in [-0.05, 0) is 55.2 Å². The maximum atomic E-state index is 13.9. The highest BCUT2D eigenvalue weighted by Crippen LogP contribution is 2.30. The first-order valence-corrected chi connectivity index (χ1v) is 15.0. The number of nitrogens with one attached hydrogen (secondary N) is 1. The van der Waals surface area contributed by atoms with Crippen molar-refractivity contribution in [2.24, 2.45) is 0 Å². The molecule has 0 aliphatic rings. The number of rotatable bonds is 13. The fraction of sp³-hybridized carbons (Fsp3) is 0.310. The molecule has 3 rings (SSSR count). The maximum absolute atomic E-state index is 13.9. The second-order valence-corrected chi connectivity index (χ2v) is 11.6. The summed E-state index contributed by atoms with van der Waals surface area (Å²) in [6.45, 7) is 3.97. The predicted octanol–water partition coefficient (Wildman–Crippen LogP) is 5.56. The zero-order chi connectivity index (χ0) is 28.4. The molecule has 7 nitrogen and oxygen atoms in total. The Labute approximate surface area is 240 Å². The lowest BCUT2D eigenvalue weighted by molar-refractivity contribution is -0.139. The maximum Gasteiger partial charge on any atom is 0.264 e. The average Bonchev–Trinajstić information content (AvgIpc) is 2.95. The highest BCUT2D eigenvalue weighted by atomic mass is 35.5. The quantitative estimate of drug-likeness (QED) is 0.282. The van der Waals surface area contributed by atoms with Gasteiger partial charge in [0.25, 0.3) is 10.0 Å². The van der Waals surface area contributed by atoms with Crippen LogP contribution in [0.2, 0.25) is 10.0 Å². The molecule has 0 bridgehead atoms. The second-order valence-electron chi connectivity index (χ2n) is 8.96. The van der Waals surface area contributed by atoms with Crippen LogP contribution in [0.3, 0.4) is 0 Å². The van der Waals surface area contributed by atoms with Crippen LogP contribution in [-0.4, -0.2) is 50.8 Å². The Hall–Kier alpha value is -3.07. The molecule has 0 fully saturated rings. The number of hydrogen-bond donors (Lipinski definition) is 1. The predicted molar refractivity (Wildman–Crippen MR) is 157 cm³/mol. The molecule has 2 amide bonds. The molecule has 208 valence electrons. The highest BCUT2D eigenvalue weighted by molar-refractivity contribution is 7.92.